The van der Waals surface area contributed by atoms with E-state index in [1.54, 1.807) is 6.07 Å². The van der Waals surface area contributed by atoms with Crippen LogP contribution in [0, 0.1) is 0 Å². The molecule has 1 atom stereocenters. The molecule has 3 nitrogen and oxygen atoms in total. The third-order valence-corrected chi connectivity index (χ3v) is 2.31. The minimum absolute atomic E-state index is 0.238. The molecule has 0 bridgehead atoms. The Morgan fingerprint density at radius 3 is 2.72 bits per heavy atom. The number of hydrogen-bond donors (Lipinski definition) is 2. The van der Waals surface area contributed by atoms with Gasteiger partial charge in [-0.1, -0.05) is 19.1 Å². The second-order valence-electron chi connectivity index (χ2n) is 3.89. The van der Waals surface area contributed by atoms with Crippen molar-refractivity contribution < 1.29 is 23.0 Å². The van der Waals surface area contributed by atoms with Crippen LogP contribution in [0.5, 0.6) is 5.75 Å². The summed E-state index contributed by atoms with van der Waals surface area (Å²) < 4.78 is 39.8. The van der Waals surface area contributed by atoms with Crippen LogP contribution in [-0.4, -0.2) is 24.1 Å². The molecule has 0 radical (unpaired) electrons. The molecular formula is C12H16F3NO2. The summed E-state index contributed by atoms with van der Waals surface area (Å²) in [4.78, 5) is 0. The summed E-state index contributed by atoms with van der Waals surface area (Å²) in [6.07, 6.45) is -4.49. The van der Waals surface area contributed by atoms with E-state index in [9.17, 15) is 18.3 Å². The Bertz CT molecular complexity index is 369. The molecule has 6 heteroatoms. The van der Waals surface area contributed by atoms with Crippen LogP contribution >= 0.6 is 0 Å². The maximum absolute atomic E-state index is 12.0. The van der Waals surface area contributed by atoms with Crippen LogP contribution in [0.15, 0.2) is 24.3 Å². The van der Waals surface area contributed by atoms with Crippen molar-refractivity contribution in [2.45, 2.75) is 32.4 Å². The first-order chi connectivity index (χ1) is 8.40. The second-order valence-corrected chi connectivity index (χ2v) is 3.89. The highest BCUT2D eigenvalue weighted by Gasteiger charge is 2.31. The largest absolute Gasteiger partial charge is 0.573 e. The fourth-order valence-electron chi connectivity index (χ4n) is 1.38. The molecule has 0 aliphatic carbocycles. The molecule has 0 amide bonds. The predicted octanol–water partition coefficient (Wildman–Crippen LogP) is 2.45. The monoisotopic (exact) mass is 263 g/mol. The van der Waals surface area contributed by atoms with Gasteiger partial charge in [0.2, 0.25) is 0 Å². The van der Waals surface area contributed by atoms with Crippen molar-refractivity contribution in [3.8, 4) is 5.75 Å². The molecule has 0 aliphatic heterocycles. The van der Waals surface area contributed by atoms with Gasteiger partial charge in [0.25, 0.3) is 0 Å². The van der Waals surface area contributed by atoms with Crippen LogP contribution in [0.4, 0.5) is 13.2 Å². The zero-order valence-electron chi connectivity index (χ0n) is 10.00. The van der Waals surface area contributed by atoms with Gasteiger partial charge in [0.05, 0.1) is 6.10 Å². The van der Waals surface area contributed by atoms with Crippen molar-refractivity contribution in [2.24, 2.45) is 0 Å². The molecule has 0 aliphatic rings. The van der Waals surface area contributed by atoms with Crippen molar-refractivity contribution in [3.05, 3.63) is 29.8 Å². The molecule has 0 saturated heterocycles. The summed E-state index contributed by atoms with van der Waals surface area (Å²) in [6, 6.07) is 5.75. The number of aliphatic hydroxyl groups excluding tert-OH is 1. The molecule has 18 heavy (non-hydrogen) atoms. The number of nitrogens with one attached hydrogen (secondary N) is 1. The van der Waals surface area contributed by atoms with E-state index in [0.717, 1.165) is 0 Å². The van der Waals surface area contributed by atoms with Gasteiger partial charge in [-0.3, -0.25) is 0 Å². The molecular weight excluding hydrogens is 247 g/mol. The lowest BCUT2D eigenvalue weighted by atomic mass is 10.2. The van der Waals surface area contributed by atoms with Crippen LogP contribution < -0.4 is 10.1 Å². The minimum Gasteiger partial charge on any atom is -0.406 e. The fourth-order valence-corrected chi connectivity index (χ4v) is 1.38. The summed E-state index contributed by atoms with van der Waals surface area (Å²) in [5.41, 5.74) is 0.667. The van der Waals surface area contributed by atoms with E-state index in [1.165, 1.54) is 18.2 Å². The summed E-state index contributed by atoms with van der Waals surface area (Å²) in [7, 11) is 0. The Morgan fingerprint density at radius 2 is 2.11 bits per heavy atom. The molecule has 1 aromatic carbocycles. The standard InChI is InChI=1S/C12H16F3NO2/c1-2-10(17)8-16-7-9-4-3-5-11(6-9)18-12(13,14)15/h3-6,10,16-17H,2,7-8H2,1H3. The first kappa shape index (κ1) is 14.8. The molecule has 2 N–H and O–H groups in total. The third-order valence-electron chi connectivity index (χ3n) is 2.31. The van der Waals surface area contributed by atoms with E-state index in [1.807, 2.05) is 6.92 Å². The minimum atomic E-state index is -4.68. The van der Waals surface area contributed by atoms with Crippen molar-refractivity contribution in [1.29, 1.82) is 0 Å². The lowest BCUT2D eigenvalue weighted by Crippen LogP contribution is -2.25. The molecule has 1 rings (SSSR count). The second kappa shape index (κ2) is 6.61. The summed E-state index contributed by atoms with van der Waals surface area (Å²) in [5.74, 6) is -0.238. The van der Waals surface area contributed by atoms with Crippen LogP contribution in [0.3, 0.4) is 0 Å². The smallest absolute Gasteiger partial charge is 0.406 e. The molecule has 102 valence electrons. The van der Waals surface area contributed by atoms with E-state index in [0.29, 0.717) is 25.1 Å². The first-order valence-electron chi connectivity index (χ1n) is 5.64. The van der Waals surface area contributed by atoms with E-state index >= 15 is 0 Å². The predicted molar refractivity (Wildman–Crippen MR) is 61.1 cm³/mol. The van der Waals surface area contributed by atoms with Gasteiger partial charge in [0.1, 0.15) is 5.75 Å². The Morgan fingerprint density at radius 1 is 1.39 bits per heavy atom. The number of alkyl halides is 3. The van der Waals surface area contributed by atoms with E-state index in [-0.39, 0.29) is 5.75 Å². The van der Waals surface area contributed by atoms with Crippen LogP contribution in [0.25, 0.3) is 0 Å². The van der Waals surface area contributed by atoms with Crippen LogP contribution in [0.2, 0.25) is 0 Å². The SMILES string of the molecule is CCC(O)CNCc1cccc(OC(F)(F)F)c1. The summed E-state index contributed by atoms with van der Waals surface area (Å²) in [5, 5.41) is 12.3. The highest BCUT2D eigenvalue weighted by molar-refractivity contribution is 5.28. The zero-order valence-corrected chi connectivity index (χ0v) is 10.00. The van der Waals surface area contributed by atoms with Crippen molar-refractivity contribution in [2.75, 3.05) is 6.54 Å². The van der Waals surface area contributed by atoms with E-state index in [4.69, 9.17) is 0 Å². The molecule has 0 heterocycles. The average Bonchev–Trinajstić information content (AvgIpc) is 2.27. The maximum atomic E-state index is 12.0. The Hall–Kier alpha value is -1.27. The van der Waals surface area contributed by atoms with Gasteiger partial charge in [-0.2, -0.15) is 0 Å². The Kier molecular flexibility index (Phi) is 5.43. The van der Waals surface area contributed by atoms with Gasteiger partial charge in [0, 0.05) is 13.1 Å². The Labute approximate surface area is 104 Å². The number of hydrogen-bond acceptors (Lipinski definition) is 3. The van der Waals surface area contributed by atoms with Gasteiger partial charge in [-0.05, 0) is 24.1 Å². The zero-order chi connectivity index (χ0) is 13.6. The molecule has 0 aromatic heterocycles. The van der Waals surface area contributed by atoms with Crippen LogP contribution in [-0.2, 0) is 6.54 Å². The van der Waals surface area contributed by atoms with Crippen molar-refractivity contribution >= 4 is 0 Å². The van der Waals surface area contributed by atoms with Gasteiger partial charge >= 0.3 is 6.36 Å². The van der Waals surface area contributed by atoms with Gasteiger partial charge < -0.3 is 15.2 Å². The van der Waals surface area contributed by atoms with Crippen molar-refractivity contribution in [3.63, 3.8) is 0 Å². The maximum Gasteiger partial charge on any atom is 0.573 e. The van der Waals surface area contributed by atoms with Gasteiger partial charge in [0.15, 0.2) is 0 Å². The lowest BCUT2D eigenvalue weighted by molar-refractivity contribution is -0.274. The molecule has 1 unspecified atom stereocenters. The number of benzene rings is 1. The topological polar surface area (TPSA) is 41.5 Å². The van der Waals surface area contributed by atoms with Gasteiger partial charge in [-0.25, -0.2) is 0 Å². The molecule has 0 saturated carbocycles. The highest BCUT2D eigenvalue weighted by atomic mass is 19.4. The number of halogens is 3. The fraction of sp³-hybridized carbons (Fsp3) is 0.500. The number of aliphatic hydroxyl groups is 1. The van der Waals surface area contributed by atoms with Gasteiger partial charge in [-0.15, -0.1) is 13.2 Å². The number of ether oxygens (including phenoxy) is 1. The third kappa shape index (κ3) is 5.88. The molecule has 0 spiro atoms. The lowest BCUT2D eigenvalue weighted by Gasteiger charge is -2.11. The summed E-state index contributed by atoms with van der Waals surface area (Å²) >= 11 is 0. The first-order valence-corrected chi connectivity index (χ1v) is 5.64. The summed E-state index contributed by atoms with van der Waals surface area (Å²) in [6.45, 7) is 2.64. The quantitative estimate of drug-likeness (QED) is 0.828. The van der Waals surface area contributed by atoms with Crippen LogP contribution in [0.1, 0.15) is 18.9 Å². The van der Waals surface area contributed by atoms with E-state index < -0.39 is 12.5 Å². The normalized spacial score (nSPS) is 13.4. The van der Waals surface area contributed by atoms with Crippen molar-refractivity contribution in [1.82, 2.24) is 5.32 Å². The highest BCUT2D eigenvalue weighted by Crippen LogP contribution is 2.23. The Balaban J connectivity index is 2.49. The molecule has 1 aromatic rings. The number of rotatable bonds is 6. The molecule has 0 fully saturated rings. The van der Waals surface area contributed by atoms with E-state index in [2.05, 4.69) is 10.1 Å². The average molecular weight is 263 g/mol.